The van der Waals surface area contributed by atoms with Gasteiger partial charge in [-0.1, -0.05) is 18.2 Å². The summed E-state index contributed by atoms with van der Waals surface area (Å²) in [5.74, 6) is 0.432. The zero-order valence-corrected chi connectivity index (χ0v) is 16.2. The lowest BCUT2D eigenvalue weighted by atomic mass is 10.2. The lowest BCUT2D eigenvalue weighted by Crippen LogP contribution is -2.47. The second-order valence-corrected chi connectivity index (χ2v) is 6.92. The van der Waals surface area contributed by atoms with Gasteiger partial charge in [-0.05, 0) is 42.3 Å². The van der Waals surface area contributed by atoms with Crippen molar-refractivity contribution in [2.24, 2.45) is 0 Å². The molecule has 2 aliphatic heterocycles. The molecule has 0 N–H and O–H groups in total. The van der Waals surface area contributed by atoms with Gasteiger partial charge < -0.3 is 14.4 Å². The van der Waals surface area contributed by atoms with Gasteiger partial charge in [-0.2, -0.15) is 0 Å². The molecule has 1 saturated heterocycles. The summed E-state index contributed by atoms with van der Waals surface area (Å²) in [6.07, 6.45) is 1.20. The summed E-state index contributed by atoms with van der Waals surface area (Å²) in [5, 5.41) is 0. The average molecular weight is 393 g/mol. The van der Waals surface area contributed by atoms with Gasteiger partial charge in [-0.25, -0.2) is 4.39 Å². The molecule has 27 heavy (non-hydrogen) atoms. The first-order valence-electron chi connectivity index (χ1n) is 9.33. The zero-order valence-electron chi connectivity index (χ0n) is 15.4. The maximum absolute atomic E-state index is 12.9. The standard InChI is InChI=1S/C21H25FN2O2.ClH/c22-18-5-7-19(8-6-18)26-16-20-15-23(13-14-25-20)11-12-24-10-9-17-3-1-2-4-21(17)24;/h1-8,20H,9-16H2;1H/t20-;/m0./s1. The Kier molecular flexibility index (Phi) is 6.94. The van der Waals surface area contributed by atoms with Crippen molar-refractivity contribution in [3.63, 3.8) is 0 Å². The van der Waals surface area contributed by atoms with Crippen molar-refractivity contribution in [3.8, 4) is 5.75 Å². The number of anilines is 1. The van der Waals surface area contributed by atoms with Crippen LogP contribution in [0, 0.1) is 5.82 Å². The predicted molar refractivity (Wildman–Crippen MR) is 108 cm³/mol. The number of hydrogen-bond donors (Lipinski definition) is 0. The number of fused-ring (bicyclic) bond motifs is 1. The van der Waals surface area contributed by atoms with E-state index in [2.05, 4.69) is 34.1 Å². The molecular formula is C21H26ClFN2O2. The third kappa shape index (κ3) is 5.12. The van der Waals surface area contributed by atoms with Crippen molar-refractivity contribution in [1.29, 1.82) is 0 Å². The number of hydrogen-bond acceptors (Lipinski definition) is 4. The van der Waals surface area contributed by atoms with Crippen molar-refractivity contribution in [2.45, 2.75) is 12.5 Å². The van der Waals surface area contributed by atoms with Crippen LogP contribution in [0.25, 0.3) is 0 Å². The van der Waals surface area contributed by atoms with Crippen LogP contribution in [0.3, 0.4) is 0 Å². The van der Waals surface area contributed by atoms with E-state index in [1.807, 2.05) is 0 Å². The van der Waals surface area contributed by atoms with E-state index < -0.39 is 0 Å². The van der Waals surface area contributed by atoms with E-state index >= 15 is 0 Å². The second kappa shape index (κ2) is 9.40. The van der Waals surface area contributed by atoms with Crippen molar-refractivity contribution < 1.29 is 13.9 Å². The van der Waals surface area contributed by atoms with E-state index in [0.29, 0.717) is 12.4 Å². The van der Waals surface area contributed by atoms with E-state index in [1.54, 1.807) is 12.1 Å². The number of morpholine rings is 1. The summed E-state index contributed by atoms with van der Waals surface area (Å²) < 4.78 is 24.5. The Morgan fingerprint density at radius 1 is 1.04 bits per heavy atom. The average Bonchev–Trinajstić information content (AvgIpc) is 3.09. The first-order valence-corrected chi connectivity index (χ1v) is 9.33. The highest BCUT2D eigenvalue weighted by atomic mass is 35.5. The van der Waals surface area contributed by atoms with Gasteiger partial charge in [0.05, 0.1) is 6.61 Å². The highest BCUT2D eigenvalue weighted by Crippen LogP contribution is 2.27. The van der Waals surface area contributed by atoms with Gasteiger partial charge in [-0.15, -0.1) is 12.4 Å². The first-order chi connectivity index (χ1) is 12.8. The molecule has 4 nitrogen and oxygen atoms in total. The van der Waals surface area contributed by atoms with E-state index in [-0.39, 0.29) is 24.3 Å². The van der Waals surface area contributed by atoms with Crippen LogP contribution in [0.4, 0.5) is 10.1 Å². The van der Waals surface area contributed by atoms with Gasteiger partial charge in [0.2, 0.25) is 0 Å². The van der Waals surface area contributed by atoms with Gasteiger partial charge in [0.1, 0.15) is 24.3 Å². The molecule has 2 heterocycles. The summed E-state index contributed by atoms with van der Waals surface area (Å²) in [7, 11) is 0. The summed E-state index contributed by atoms with van der Waals surface area (Å²) >= 11 is 0. The number of halogens is 2. The molecule has 0 bridgehead atoms. The lowest BCUT2D eigenvalue weighted by Gasteiger charge is -2.34. The number of nitrogens with zero attached hydrogens (tertiary/aromatic N) is 2. The number of para-hydroxylation sites is 1. The molecule has 2 aliphatic rings. The van der Waals surface area contributed by atoms with Crippen LogP contribution in [0.1, 0.15) is 5.56 Å². The summed E-state index contributed by atoms with van der Waals surface area (Å²) in [5.41, 5.74) is 2.84. The Morgan fingerprint density at radius 2 is 1.85 bits per heavy atom. The van der Waals surface area contributed by atoms with Gasteiger partial charge in [-0.3, -0.25) is 4.90 Å². The fraction of sp³-hybridized carbons (Fsp3) is 0.429. The van der Waals surface area contributed by atoms with Crippen LogP contribution in [0.15, 0.2) is 48.5 Å². The molecule has 0 saturated carbocycles. The van der Waals surface area contributed by atoms with Gasteiger partial charge in [0.15, 0.2) is 0 Å². The maximum Gasteiger partial charge on any atom is 0.123 e. The molecule has 0 spiro atoms. The molecule has 1 atom stereocenters. The lowest BCUT2D eigenvalue weighted by molar-refractivity contribution is -0.0470. The van der Waals surface area contributed by atoms with Crippen LogP contribution in [-0.2, 0) is 11.2 Å². The normalized spacial score (nSPS) is 19.4. The van der Waals surface area contributed by atoms with Crippen LogP contribution >= 0.6 is 12.4 Å². The van der Waals surface area contributed by atoms with Crippen molar-refractivity contribution >= 4 is 18.1 Å². The minimum Gasteiger partial charge on any atom is -0.491 e. The zero-order chi connectivity index (χ0) is 17.8. The Morgan fingerprint density at radius 3 is 2.70 bits per heavy atom. The predicted octanol–water partition coefficient (Wildman–Crippen LogP) is 3.39. The van der Waals surface area contributed by atoms with Crippen LogP contribution in [0.5, 0.6) is 5.75 Å². The molecule has 0 radical (unpaired) electrons. The fourth-order valence-corrected chi connectivity index (χ4v) is 3.71. The number of rotatable bonds is 6. The molecule has 0 amide bonds. The Hall–Kier alpha value is -1.82. The SMILES string of the molecule is Cl.Fc1ccc(OC[C@@H]2CN(CCN3CCc4ccccc43)CCO2)cc1. The topological polar surface area (TPSA) is 24.9 Å². The minimum absolute atomic E-state index is 0. The Bertz CT molecular complexity index is 728. The number of ether oxygens (including phenoxy) is 2. The van der Waals surface area contributed by atoms with Gasteiger partial charge in [0, 0.05) is 38.4 Å². The molecule has 6 heteroatoms. The van der Waals surface area contributed by atoms with Crippen LogP contribution in [0.2, 0.25) is 0 Å². The van der Waals surface area contributed by atoms with Gasteiger partial charge in [0.25, 0.3) is 0 Å². The van der Waals surface area contributed by atoms with Crippen LogP contribution < -0.4 is 9.64 Å². The third-order valence-corrected chi connectivity index (χ3v) is 5.14. The van der Waals surface area contributed by atoms with Gasteiger partial charge >= 0.3 is 0 Å². The largest absolute Gasteiger partial charge is 0.491 e. The molecule has 2 aromatic rings. The molecule has 2 aromatic carbocycles. The molecule has 1 fully saturated rings. The van der Waals surface area contributed by atoms with Crippen molar-refractivity contribution in [1.82, 2.24) is 4.90 Å². The number of benzene rings is 2. The maximum atomic E-state index is 12.9. The highest BCUT2D eigenvalue weighted by molar-refractivity contribution is 5.85. The van der Waals surface area contributed by atoms with E-state index in [1.165, 1.54) is 23.4 Å². The summed E-state index contributed by atoms with van der Waals surface area (Å²) in [4.78, 5) is 4.93. The van der Waals surface area contributed by atoms with Crippen LogP contribution in [-0.4, -0.2) is 56.9 Å². The Balaban J connectivity index is 0.00000210. The molecular weight excluding hydrogens is 367 g/mol. The smallest absolute Gasteiger partial charge is 0.123 e. The summed E-state index contributed by atoms with van der Waals surface area (Å²) in [6.45, 7) is 6.25. The third-order valence-electron chi connectivity index (χ3n) is 5.14. The molecule has 4 rings (SSSR count). The molecule has 0 aromatic heterocycles. The Labute approximate surface area is 166 Å². The first kappa shape index (κ1) is 19.9. The van der Waals surface area contributed by atoms with E-state index in [9.17, 15) is 4.39 Å². The second-order valence-electron chi connectivity index (χ2n) is 6.92. The minimum atomic E-state index is -0.249. The summed E-state index contributed by atoms with van der Waals surface area (Å²) in [6, 6.07) is 14.8. The van der Waals surface area contributed by atoms with E-state index in [4.69, 9.17) is 9.47 Å². The van der Waals surface area contributed by atoms with Crippen molar-refractivity contribution in [2.75, 3.05) is 50.8 Å². The molecule has 0 aliphatic carbocycles. The molecule has 0 unspecified atom stereocenters. The molecule has 146 valence electrons. The fourth-order valence-electron chi connectivity index (χ4n) is 3.71. The van der Waals surface area contributed by atoms with E-state index in [0.717, 1.165) is 45.8 Å². The monoisotopic (exact) mass is 392 g/mol. The highest BCUT2D eigenvalue weighted by Gasteiger charge is 2.23. The quantitative estimate of drug-likeness (QED) is 0.752. The van der Waals surface area contributed by atoms with Crippen molar-refractivity contribution in [3.05, 3.63) is 59.9 Å².